The Morgan fingerprint density at radius 2 is 2.18 bits per heavy atom. The van der Waals surface area contributed by atoms with Crippen LogP contribution in [0.1, 0.15) is 12.5 Å². The smallest absolute Gasteiger partial charge is 0.210 e. The standard InChI is InChI=1S/C11H13BrN2O2S/c1-8(6-13)7-14-17(15,16)10-3-4-11(12)9(2)5-10/h3-5,8,14H,7H2,1-2H3. The minimum atomic E-state index is -3.53. The van der Waals surface area contributed by atoms with Gasteiger partial charge in [-0.3, -0.25) is 0 Å². The summed E-state index contributed by atoms with van der Waals surface area (Å²) in [6.07, 6.45) is 0. The van der Waals surface area contributed by atoms with E-state index in [0.29, 0.717) is 0 Å². The zero-order valence-corrected chi connectivity index (χ0v) is 12.0. The molecule has 0 bridgehead atoms. The Hall–Kier alpha value is -0.900. The molecule has 1 rings (SSSR count). The third-order valence-electron chi connectivity index (χ3n) is 2.24. The van der Waals surface area contributed by atoms with Crippen molar-refractivity contribution in [3.05, 3.63) is 28.2 Å². The molecule has 1 aromatic carbocycles. The number of nitrogens with one attached hydrogen (secondary N) is 1. The molecule has 0 aliphatic heterocycles. The van der Waals surface area contributed by atoms with Crippen LogP contribution >= 0.6 is 15.9 Å². The third-order valence-corrected chi connectivity index (χ3v) is 4.55. The number of benzene rings is 1. The predicted octanol–water partition coefficient (Wildman–Crippen LogP) is 2.20. The highest BCUT2D eigenvalue weighted by atomic mass is 79.9. The van der Waals surface area contributed by atoms with Crippen LogP contribution in [-0.4, -0.2) is 15.0 Å². The number of sulfonamides is 1. The van der Waals surface area contributed by atoms with E-state index in [2.05, 4.69) is 20.7 Å². The first-order valence-electron chi connectivity index (χ1n) is 5.02. The van der Waals surface area contributed by atoms with E-state index in [0.717, 1.165) is 10.0 Å². The molecule has 0 saturated carbocycles. The second kappa shape index (κ2) is 5.63. The molecule has 1 N–H and O–H groups in total. The van der Waals surface area contributed by atoms with Gasteiger partial charge in [-0.2, -0.15) is 5.26 Å². The Balaban J connectivity index is 2.91. The molecule has 0 aliphatic rings. The summed E-state index contributed by atoms with van der Waals surface area (Å²) < 4.78 is 27.0. The molecule has 0 fully saturated rings. The van der Waals surface area contributed by atoms with Crippen molar-refractivity contribution >= 4 is 26.0 Å². The summed E-state index contributed by atoms with van der Waals surface area (Å²) in [5.74, 6) is -0.346. The van der Waals surface area contributed by atoms with Crippen LogP contribution in [0.2, 0.25) is 0 Å². The molecule has 0 amide bonds. The molecule has 6 heteroatoms. The van der Waals surface area contributed by atoms with Crippen LogP contribution in [-0.2, 0) is 10.0 Å². The van der Waals surface area contributed by atoms with E-state index < -0.39 is 10.0 Å². The topological polar surface area (TPSA) is 70.0 Å². The summed E-state index contributed by atoms with van der Waals surface area (Å²) in [6.45, 7) is 3.60. The zero-order valence-electron chi connectivity index (χ0n) is 9.57. The number of rotatable bonds is 4. The molecule has 0 radical (unpaired) electrons. The van der Waals surface area contributed by atoms with Crippen LogP contribution in [0.3, 0.4) is 0 Å². The van der Waals surface area contributed by atoms with Gasteiger partial charge in [0.15, 0.2) is 0 Å². The van der Waals surface area contributed by atoms with Crippen molar-refractivity contribution in [1.82, 2.24) is 4.72 Å². The van der Waals surface area contributed by atoms with Crippen LogP contribution in [0.15, 0.2) is 27.6 Å². The van der Waals surface area contributed by atoms with Gasteiger partial charge >= 0.3 is 0 Å². The minimum Gasteiger partial charge on any atom is -0.210 e. The molecule has 1 unspecified atom stereocenters. The van der Waals surface area contributed by atoms with Gasteiger partial charge in [-0.05, 0) is 37.6 Å². The van der Waals surface area contributed by atoms with Gasteiger partial charge in [0.05, 0.1) is 16.9 Å². The maximum atomic E-state index is 11.9. The molecule has 0 heterocycles. The fourth-order valence-electron chi connectivity index (χ4n) is 1.15. The molecule has 17 heavy (non-hydrogen) atoms. The number of nitrogens with zero attached hydrogens (tertiary/aromatic N) is 1. The third kappa shape index (κ3) is 3.80. The number of hydrogen-bond donors (Lipinski definition) is 1. The first-order chi connectivity index (χ1) is 7.86. The average Bonchev–Trinajstić information content (AvgIpc) is 2.29. The predicted molar refractivity (Wildman–Crippen MR) is 68.8 cm³/mol. The van der Waals surface area contributed by atoms with E-state index in [1.54, 1.807) is 19.1 Å². The van der Waals surface area contributed by atoms with Gasteiger partial charge in [-0.1, -0.05) is 15.9 Å². The average molecular weight is 317 g/mol. The number of halogens is 1. The molecule has 0 spiro atoms. The van der Waals surface area contributed by atoms with Gasteiger partial charge in [-0.25, -0.2) is 13.1 Å². The molecule has 0 aromatic heterocycles. The highest BCUT2D eigenvalue weighted by Gasteiger charge is 2.15. The van der Waals surface area contributed by atoms with E-state index in [-0.39, 0.29) is 17.4 Å². The fourth-order valence-corrected chi connectivity index (χ4v) is 2.61. The van der Waals surface area contributed by atoms with Gasteiger partial charge in [-0.15, -0.1) is 0 Å². The van der Waals surface area contributed by atoms with Crippen molar-refractivity contribution in [2.75, 3.05) is 6.54 Å². The molecular formula is C11H13BrN2O2S. The van der Waals surface area contributed by atoms with Crippen LogP contribution in [0.25, 0.3) is 0 Å². The lowest BCUT2D eigenvalue weighted by Crippen LogP contribution is -2.28. The minimum absolute atomic E-state index is 0.119. The molecule has 92 valence electrons. The van der Waals surface area contributed by atoms with Gasteiger partial charge in [0, 0.05) is 11.0 Å². The highest BCUT2D eigenvalue weighted by Crippen LogP contribution is 2.19. The quantitative estimate of drug-likeness (QED) is 0.925. The van der Waals surface area contributed by atoms with E-state index in [4.69, 9.17) is 5.26 Å². The van der Waals surface area contributed by atoms with Gasteiger partial charge in [0.2, 0.25) is 10.0 Å². The maximum Gasteiger partial charge on any atom is 0.240 e. The summed E-state index contributed by atoms with van der Waals surface area (Å²) in [7, 11) is -3.53. The van der Waals surface area contributed by atoms with E-state index in [9.17, 15) is 8.42 Å². The second-order valence-electron chi connectivity index (χ2n) is 3.79. The fraction of sp³-hybridized carbons (Fsp3) is 0.364. The van der Waals surface area contributed by atoms with Crippen LogP contribution < -0.4 is 4.72 Å². The van der Waals surface area contributed by atoms with Gasteiger partial charge in [0.1, 0.15) is 0 Å². The summed E-state index contributed by atoms with van der Waals surface area (Å²) in [6, 6.07) is 6.78. The van der Waals surface area contributed by atoms with Crippen molar-refractivity contribution in [3.8, 4) is 6.07 Å². The lowest BCUT2D eigenvalue weighted by molar-refractivity contribution is 0.572. The Bertz CT molecular complexity index is 549. The van der Waals surface area contributed by atoms with Crippen molar-refractivity contribution in [2.45, 2.75) is 18.7 Å². The Kier molecular flexibility index (Phi) is 4.69. The van der Waals surface area contributed by atoms with Crippen molar-refractivity contribution in [3.63, 3.8) is 0 Å². The van der Waals surface area contributed by atoms with Crippen LogP contribution in [0.4, 0.5) is 0 Å². The summed E-state index contributed by atoms with van der Waals surface area (Å²) in [5.41, 5.74) is 0.848. The van der Waals surface area contributed by atoms with Crippen molar-refractivity contribution < 1.29 is 8.42 Å². The first kappa shape index (κ1) is 14.2. The van der Waals surface area contributed by atoms with Crippen LogP contribution in [0.5, 0.6) is 0 Å². The molecular weight excluding hydrogens is 304 g/mol. The summed E-state index contributed by atoms with van der Waals surface area (Å²) >= 11 is 3.31. The summed E-state index contributed by atoms with van der Waals surface area (Å²) in [5, 5.41) is 8.59. The number of nitriles is 1. The molecule has 1 atom stereocenters. The Labute approximate surface area is 110 Å². The van der Waals surface area contributed by atoms with E-state index >= 15 is 0 Å². The lowest BCUT2D eigenvalue weighted by atomic mass is 10.2. The van der Waals surface area contributed by atoms with Crippen molar-refractivity contribution in [1.29, 1.82) is 5.26 Å². The number of aryl methyl sites for hydroxylation is 1. The highest BCUT2D eigenvalue weighted by molar-refractivity contribution is 9.10. The lowest BCUT2D eigenvalue weighted by Gasteiger charge is -2.08. The second-order valence-corrected chi connectivity index (χ2v) is 6.41. The van der Waals surface area contributed by atoms with E-state index in [1.165, 1.54) is 6.07 Å². The van der Waals surface area contributed by atoms with Crippen LogP contribution in [0, 0.1) is 24.2 Å². The maximum absolute atomic E-state index is 11.9. The normalized spacial score (nSPS) is 13.1. The Morgan fingerprint density at radius 1 is 1.53 bits per heavy atom. The first-order valence-corrected chi connectivity index (χ1v) is 7.30. The zero-order chi connectivity index (χ0) is 13.1. The van der Waals surface area contributed by atoms with E-state index in [1.807, 2.05) is 13.0 Å². The van der Waals surface area contributed by atoms with Crippen molar-refractivity contribution in [2.24, 2.45) is 5.92 Å². The molecule has 0 aliphatic carbocycles. The molecule has 4 nitrogen and oxygen atoms in total. The largest absolute Gasteiger partial charge is 0.240 e. The van der Waals surface area contributed by atoms with Gasteiger partial charge < -0.3 is 0 Å². The number of hydrogen-bond acceptors (Lipinski definition) is 3. The van der Waals surface area contributed by atoms with Gasteiger partial charge in [0.25, 0.3) is 0 Å². The molecule has 0 saturated heterocycles. The SMILES string of the molecule is Cc1cc(S(=O)(=O)NCC(C)C#N)ccc1Br. The molecule has 1 aromatic rings. The summed E-state index contributed by atoms with van der Waals surface area (Å²) in [4.78, 5) is 0.211. The Morgan fingerprint density at radius 3 is 2.71 bits per heavy atom. The monoisotopic (exact) mass is 316 g/mol.